The minimum absolute atomic E-state index is 0.0746. The van der Waals surface area contributed by atoms with Gasteiger partial charge in [-0.15, -0.1) is 0 Å². The first kappa shape index (κ1) is 21.4. The van der Waals surface area contributed by atoms with Crippen LogP contribution in [-0.2, 0) is 9.53 Å². The molecule has 0 bridgehead atoms. The van der Waals surface area contributed by atoms with Crippen LogP contribution in [0.15, 0.2) is 42.9 Å². The van der Waals surface area contributed by atoms with Gasteiger partial charge in [0.25, 0.3) is 5.91 Å². The van der Waals surface area contributed by atoms with Crippen LogP contribution in [0.1, 0.15) is 28.1 Å². The third kappa shape index (κ3) is 4.58. The molecule has 1 aliphatic rings. The van der Waals surface area contributed by atoms with Crippen molar-refractivity contribution >= 4 is 34.2 Å². The minimum atomic E-state index is -0.357. The SMILES string of the molecule is COC(=O)C1CCN(c2ccc(C(=O)Nc3nc(-c4cccnc4)c(C#N)s3)cn2)CC1. The van der Waals surface area contributed by atoms with Gasteiger partial charge in [-0.25, -0.2) is 9.97 Å². The van der Waals surface area contributed by atoms with E-state index in [-0.39, 0.29) is 17.8 Å². The highest BCUT2D eigenvalue weighted by Gasteiger charge is 2.26. The van der Waals surface area contributed by atoms with Crippen LogP contribution in [0.25, 0.3) is 11.3 Å². The van der Waals surface area contributed by atoms with Gasteiger partial charge in [-0.2, -0.15) is 5.26 Å². The highest BCUT2D eigenvalue weighted by Crippen LogP contribution is 2.30. The molecule has 162 valence electrons. The van der Waals surface area contributed by atoms with Crippen molar-refractivity contribution in [2.75, 3.05) is 30.4 Å². The smallest absolute Gasteiger partial charge is 0.308 e. The topological polar surface area (TPSA) is 121 Å². The van der Waals surface area contributed by atoms with E-state index in [0.29, 0.717) is 52.8 Å². The van der Waals surface area contributed by atoms with E-state index in [2.05, 4.69) is 31.2 Å². The normalized spacial score (nSPS) is 13.9. The molecular weight excluding hydrogens is 428 g/mol. The molecule has 0 atom stereocenters. The number of hydrogen-bond acceptors (Lipinski definition) is 9. The summed E-state index contributed by atoms with van der Waals surface area (Å²) < 4.78 is 4.82. The molecule has 4 heterocycles. The fraction of sp³-hybridized carbons (Fsp3) is 0.273. The van der Waals surface area contributed by atoms with E-state index >= 15 is 0 Å². The van der Waals surface area contributed by atoms with Crippen molar-refractivity contribution in [3.63, 3.8) is 0 Å². The van der Waals surface area contributed by atoms with Crippen LogP contribution in [0.2, 0.25) is 0 Å². The average molecular weight is 449 g/mol. The summed E-state index contributed by atoms with van der Waals surface area (Å²) in [5.74, 6) is 0.154. The zero-order valence-corrected chi connectivity index (χ0v) is 18.1. The summed E-state index contributed by atoms with van der Waals surface area (Å²) in [4.78, 5) is 39.7. The number of hydrogen-bond donors (Lipinski definition) is 1. The maximum Gasteiger partial charge on any atom is 0.308 e. The molecule has 0 unspecified atom stereocenters. The molecule has 0 aliphatic carbocycles. The standard InChI is InChI=1S/C22H20N6O3S/c1-31-21(30)14-6-9-28(10-7-14)18-5-4-16(13-25-18)20(29)27-22-26-19(17(11-23)32-22)15-3-2-8-24-12-15/h2-5,8,12-14H,6-7,9-10H2,1H3,(H,26,27,29). The van der Waals surface area contributed by atoms with Crippen molar-refractivity contribution in [2.45, 2.75) is 12.8 Å². The van der Waals surface area contributed by atoms with E-state index in [1.54, 1.807) is 30.6 Å². The molecule has 1 N–H and O–H groups in total. The Bertz CT molecular complexity index is 1150. The van der Waals surface area contributed by atoms with Crippen molar-refractivity contribution in [1.82, 2.24) is 15.0 Å². The number of esters is 1. The Morgan fingerprint density at radius 1 is 1.25 bits per heavy atom. The Hall–Kier alpha value is -3.84. The van der Waals surface area contributed by atoms with E-state index in [9.17, 15) is 14.9 Å². The second-order valence-corrected chi connectivity index (χ2v) is 8.19. The first-order valence-electron chi connectivity index (χ1n) is 10.0. The third-order valence-electron chi connectivity index (χ3n) is 5.25. The van der Waals surface area contributed by atoms with Crippen LogP contribution in [0.5, 0.6) is 0 Å². The predicted octanol–water partition coefficient (Wildman–Crippen LogP) is 3.11. The van der Waals surface area contributed by atoms with Gasteiger partial charge in [0.1, 0.15) is 22.5 Å². The third-order valence-corrected chi connectivity index (χ3v) is 6.12. The molecular formula is C22H20N6O3S. The van der Waals surface area contributed by atoms with E-state index in [1.807, 2.05) is 6.07 Å². The molecule has 0 aromatic carbocycles. The first-order chi connectivity index (χ1) is 15.6. The van der Waals surface area contributed by atoms with Gasteiger partial charge in [0, 0.05) is 37.2 Å². The van der Waals surface area contributed by atoms with E-state index in [4.69, 9.17) is 4.74 Å². The van der Waals surface area contributed by atoms with Crippen LogP contribution in [0, 0.1) is 17.2 Å². The molecule has 1 saturated heterocycles. The Balaban J connectivity index is 1.41. The summed E-state index contributed by atoms with van der Waals surface area (Å²) in [5, 5.41) is 12.5. The number of anilines is 2. The molecule has 1 aliphatic heterocycles. The number of methoxy groups -OCH3 is 1. The van der Waals surface area contributed by atoms with Crippen LogP contribution < -0.4 is 10.2 Å². The van der Waals surface area contributed by atoms with Crippen molar-refractivity contribution in [3.8, 4) is 17.3 Å². The Morgan fingerprint density at radius 2 is 2.06 bits per heavy atom. The molecule has 1 amide bonds. The quantitative estimate of drug-likeness (QED) is 0.591. The molecule has 10 heteroatoms. The lowest BCUT2D eigenvalue weighted by atomic mass is 9.97. The van der Waals surface area contributed by atoms with E-state index in [0.717, 1.165) is 17.2 Å². The van der Waals surface area contributed by atoms with Crippen LogP contribution in [-0.4, -0.2) is 47.0 Å². The number of pyridine rings is 2. The van der Waals surface area contributed by atoms with Gasteiger partial charge in [-0.05, 0) is 37.1 Å². The zero-order chi connectivity index (χ0) is 22.5. The van der Waals surface area contributed by atoms with Gasteiger partial charge in [0.2, 0.25) is 0 Å². The lowest BCUT2D eigenvalue weighted by Crippen LogP contribution is -2.37. The van der Waals surface area contributed by atoms with Gasteiger partial charge in [-0.1, -0.05) is 11.3 Å². The number of nitriles is 1. The molecule has 0 radical (unpaired) electrons. The number of carbonyl (C=O) groups is 2. The number of carbonyl (C=O) groups excluding carboxylic acids is 2. The zero-order valence-electron chi connectivity index (χ0n) is 17.3. The largest absolute Gasteiger partial charge is 0.469 e. The number of amides is 1. The maximum absolute atomic E-state index is 12.7. The molecule has 9 nitrogen and oxygen atoms in total. The van der Waals surface area contributed by atoms with E-state index < -0.39 is 0 Å². The Labute approximate surface area is 188 Å². The molecule has 3 aromatic heterocycles. The van der Waals surface area contributed by atoms with Gasteiger partial charge in [0.05, 0.1) is 18.6 Å². The summed E-state index contributed by atoms with van der Waals surface area (Å²) in [6, 6.07) is 9.18. The molecule has 3 aromatic rings. The van der Waals surface area contributed by atoms with Crippen LogP contribution in [0.4, 0.5) is 10.9 Å². The van der Waals surface area contributed by atoms with Gasteiger partial charge < -0.3 is 9.64 Å². The number of thiazole rings is 1. The van der Waals surface area contributed by atoms with Gasteiger partial charge in [-0.3, -0.25) is 19.9 Å². The summed E-state index contributed by atoms with van der Waals surface area (Å²) in [7, 11) is 1.41. The van der Waals surface area contributed by atoms with Gasteiger partial charge in [0.15, 0.2) is 5.13 Å². The van der Waals surface area contributed by atoms with Crippen molar-refractivity contribution in [3.05, 3.63) is 53.3 Å². The van der Waals surface area contributed by atoms with Crippen LogP contribution in [0.3, 0.4) is 0 Å². The second kappa shape index (κ2) is 9.53. The lowest BCUT2D eigenvalue weighted by Gasteiger charge is -2.31. The van der Waals surface area contributed by atoms with Crippen molar-refractivity contribution in [1.29, 1.82) is 5.26 Å². The fourth-order valence-electron chi connectivity index (χ4n) is 3.54. The fourth-order valence-corrected chi connectivity index (χ4v) is 4.32. The van der Waals surface area contributed by atoms with E-state index in [1.165, 1.54) is 13.3 Å². The molecule has 1 fully saturated rings. The molecule has 4 rings (SSSR count). The monoisotopic (exact) mass is 448 g/mol. The maximum atomic E-state index is 12.7. The lowest BCUT2D eigenvalue weighted by molar-refractivity contribution is -0.146. The molecule has 0 spiro atoms. The highest BCUT2D eigenvalue weighted by atomic mass is 32.1. The summed E-state index contributed by atoms with van der Waals surface area (Å²) in [5.41, 5.74) is 1.59. The molecule has 0 saturated carbocycles. The summed E-state index contributed by atoms with van der Waals surface area (Å²) in [6.07, 6.45) is 6.20. The Kier molecular flexibility index (Phi) is 6.37. The number of rotatable bonds is 5. The number of piperidine rings is 1. The number of ether oxygens (including phenoxy) is 1. The minimum Gasteiger partial charge on any atom is -0.469 e. The Morgan fingerprint density at radius 3 is 2.69 bits per heavy atom. The van der Waals surface area contributed by atoms with Crippen molar-refractivity contribution < 1.29 is 14.3 Å². The first-order valence-corrected chi connectivity index (χ1v) is 10.8. The highest BCUT2D eigenvalue weighted by molar-refractivity contribution is 7.16. The average Bonchev–Trinajstić information content (AvgIpc) is 3.27. The molecule has 32 heavy (non-hydrogen) atoms. The summed E-state index contributed by atoms with van der Waals surface area (Å²) in [6.45, 7) is 1.40. The second-order valence-electron chi connectivity index (χ2n) is 7.19. The van der Waals surface area contributed by atoms with Gasteiger partial charge >= 0.3 is 5.97 Å². The van der Waals surface area contributed by atoms with Crippen LogP contribution >= 0.6 is 11.3 Å². The number of aromatic nitrogens is 3. The summed E-state index contributed by atoms with van der Waals surface area (Å²) >= 11 is 1.11. The van der Waals surface area contributed by atoms with Crippen molar-refractivity contribution in [2.24, 2.45) is 5.92 Å². The number of nitrogens with one attached hydrogen (secondary N) is 1. The predicted molar refractivity (Wildman–Crippen MR) is 119 cm³/mol. The number of nitrogens with zero attached hydrogens (tertiary/aromatic N) is 5.